The molecule has 1 aliphatic rings. The molecule has 120 valence electrons. The van der Waals surface area contributed by atoms with Crippen LogP contribution in [0.2, 0.25) is 0 Å². The minimum Gasteiger partial charge on any atom is -0.389 e. The monoisotopic (exact) mass is 312 g/mol. The first kappa shape index (κ1) is 16.9. The third-order valence-electron chi connectivity index (χ3n) is 4.24. The maximum absolute atomic E-state index is 10.1. The molecule has 2 rings (SSSR count). The summed E-state index contributed by atoms with van der Waals surface area (Å²) in [6.45, 7) is 5.42. The number of nitrogens with one attached hydrogen (secondary N) is 1. The van der Waals surface area contributed by atoms with Crippen LogP contribution in [0.5, 0.6) is 0 Å². The van der Waals surface area contributed by atoms with Crippen molar-refractivity contribution in [1.29, 1.82) is 0 Å². The van der Waals surface area contributed by atoms with Gasteiger partial charge in [-0.2, -0.15) is 0 Å². The predicted octanol–water partition coefficient (Wildman–Crippen LogP) is 3.14. The van der Waals surface area contributed by atoms with E-state index in [-0.39, 0.29) is 6.04 Å². The van der Waals surface area contributed by atoms with Gasteiger partial charge in [0.1, 0.15) is 5.01 Å². The van der Waals surface area contributed by atoms with Gasteiger partial charge >= 0.3 is 0 Å². The van der Waals surface area contributed by atoms with Crippen LogP contribution in [0.1, 0.15) is 57.0 Å². The van der Waals surface area contributed by atoms with Crippen LogP contribution in [-0.4, -0.2) is 35.5 Å². The molecule has 2 N–H and O–H groups in total. The van der Waals surface area contributed by atoms with Crippen LogP contribution in [0.4, 0.5) is 0 Å². The smallest absolute Gasteiger partial charge is 0.109 e. The summed E-state index contributed by atoms with van der Waals surface area (Å²) in [5, 5.41) is 16.5. The Morgan fingerprint density at radius 1 is 1.43 bits per heavy atom. The Morgan fingerprint density at radius 3 is 2.81 bits per heavy atom. The maximum atomic E-state index is 10.1. The third kappa shape index (κ3) is 5.66. The summed E-state index contributed by atoms with van der Waals surface area (Å²) >= 11 is 1.66. The second-order valence-electron chi connectivity index (χ2n) is 6.11. The molecule has 1 fully saturated rings. The molecule has 0 bridgehead atoms. The number of thiazole rings is 1. The molecule has 1 saturated carbocycles. The third-order valence-corrected chi connectivity index (χ3v) is 5.13. The molecule has 0 amide bonds. The zero-order valence-electron chi connectivity index (χ0n) is 13.1. The zero-order valence-corrected chi connectivity index (χ0v) is 13.9. The van der Waals surface area contributed by atoms with E-state index in [0.29, 0.717) is 19.3 Å². The van der Waals surface area contributed by atoms with Crippen LogP contribution in [0, 0.1) is 5.92 Å². The van der Waals surface area contributed by atoms with Crippen molar-refractivity contribution < 1.29 is 9.84 Å². The van der Waals surface area contributed by atoms with Crippen molar-refractivity contribution in [2.75, 3.05) is 13.2 Å². The topological polar surface area (TPSA) is 54.4 Å². The summed E-state index contributed by atoms with van der Waals surface area (Å²) < 4.78 is 5.85. The Bertz CT molecular complexity index is 378. The van der Waals surface area contributed by atoms with Crippen molar-refractivity contribution in [2.24, 2.45) is 5.92 Å². The van der Waals surface area contributed by atoms with Gasteiger partial charge in [-0.3, -0.25) is 0 Å². The lowest BCUT2D eigenvalue weighted by Gasteiger charge is -2.27. The van der Waals surface area contributed by atoms with Gasteiger partial charge in [0.15, 0.2) is 0 Å². The molecule has 2 unspecified atom stereocenters. The van der Waals surface area contributed by atoms with Crippen molar-refractivity contribution in [3.8, 4) is 0 Å². The molecule has 0 spiro atoms. The Morgan fingerprint density at radius 2 is 2.19 bits per heavy atom. The van der Waals surface area contributed by atoms with Gasteiger partial charge in [0.25, 0.3) is 0 Å². The molecular formula is C16H28N2O2S. The Hall–Kier alpha value is -0.490. The summed E-state index contributed by atoms with van der Waals surface area (Å²) in [6.07, 6.45) is 7.48. The lowest BCUT2D eigenvalue weighted by Crippen LogP contribution is -2.34. The lowest BCUT2D eigenvalue weighted by atomic mass is 9.89. The maximum Gasteiger partial charge on any atom is 0.109 e. The number of hydrogen-bond donors (Lipinski definition) is 2. The zero-order chi connectivity index (χ0) is 15.1. The van der Waals surface area contributed by atoms with E-state index in [9.17, 15) is 5.11 Å². The van der Waals surface area contributed by atoms with Gasteiger partial charge in [-0.1, -0.05) is 13.8 Å². The minimum absolute atomic E-state index is 0.232. The minimum atomic E-state index is -0.446. The van der Waals surface area contributed by atoms with Crippen molar-refractivity contribution in [1.82, 2.24) is 10.3 Å². The number of aliphatic hydroxyl groups excluding tert-OH is 1. The first-order chi connectivity index (χ1) is 10.2. The van der Waals surface area contributed by atoms with Crippen LogP contribution in [0.15, 0.2) is 11.6 Å². The van der Waals surface area contributed by atoms with Gasteiger partial charge in [-0.15, -0.1) is 11.3 Å². The van der Waals surface area contributed by atoms with Gasteiger partial charge in [0.2, 0.25) is 0 Å². The van der Waals surface area contributed by atoms with Crippen LogP contribution in [0.25, 0.3) is 0 Å². The number of aromatic nitrogens is 1. The standard InChI is InChI=1S/C16H28N2O2S/c1-3-15(16-17-8-9-21-16)18-10-13(19)11-20-14-6-4-12(2)5-7-14/h8-9,12-15,18-19H,3-7,10-11H2,1-2H3. The number of ether oxygens (including phenoxy) is 1. The summed E-state index contributed by atoms with van der Waals surface area (Å²) in [7, 11) is 0. The first-order valence-corrected chi connectivity index (χ1v) is 8.99. The van der Waals surface area contributed by atoms with Crippen LogP contribution >= 0.6 is 11.3 Å². The molecule has 5 heteroatoms. The number of rotatable bonds is 8. The largest absolute Gasteiger partial charge is 0.389 e. The van der Waals surface area contributed by atoms with Crippen LogP contribution in [0.3, 0.4) is 0 Å². The van der Waals surface area contributed by atoms with E-state index in [0.717, 1.165) is 30.2 Å². The van der Waals surface area contributed by atoms with Gasteiger partial charge in [-0.25, -0.2) is 4.98 Å². The Labute approximate surface area is 131 Å². The molecule has 1 aromatic heterocycles. The fourth-order valence-corrected chi connectivity index (χ4v) is 3.59. The molecule has 1 heterocycles. The van der Waals surface area contributed by atoms with Crippen molar-refractivity contribution in [3.63, 3.8) is 0 Å². The van der Waals surface area contributed by atoms with Crippen LogP contribution in [-0.2, 0) is 4.74 Å². The second kappa shape index (κ2) is 8.83. The van der Waals surface area contributed by atoms with E-state index in [1.165, 1.54) is 12.8 Å². The summed E-state index contributed by atoms with van der Waals surface area (Å²) in [5.74, 6) is 0.833. The highest BCUT2D eigenvalue weighted by Gasteiger charge is 2.20. The van der Waals surface area contributed by atoms with E-state index < -0.39 is 6.10 Å². The van der Waals surface area contributed by atoms with Gasteiger partial charge in [-0.05, 0) is 38.0 Å². The normalized spacial score (nSPS) is 25.7. The molecule has 2 atom stereocenters. The van der Waals surface area contributed by atoms with Gasteiger partial charge < -0.3 is 15.2 Å². The molecule has 4 nitrogen and oxygen atoms in total. The first-order valence-electron chi connectivity index (χ1n) is 8.11. The lowest BCUT2D eigenvalue weighted by molar-refractivity contribution is -0.0284. The summed E-state index contributed by atoms with van der Waals surface area (Å²) in [5.41, 5.74) is 0. The molecule has 1 aliphatic carbocycles. The molecule has 0 aliphatic heterocycles. The van der Waals surface area contributed by atoms with Gasteiger partial charge in [0.05, 0.1) is 24.9 Å². The number of hydrogen-bond acceptors (Lipinski definition) is 5. The molecule has 21 heavy (non-hydrogen) atoms. The van der Waals surface area contributed by atoms with Gasteiger partial charge in [0, 0.05) is 18.1 Å². The molecule has 0 aromatic carbocycles. The molecule has 0 saturated heterocycles. The highest BCUT2D eigenvalue weighted by Crippen LogP contribution is 2.25. The second-order valence-corrected chi connectivity index (χ2v) is 7.03. The van der Waals surface area contributed by atoms with Crippen molar-refractivity contribution in [2.45, 2.75) is 64.2 Å². The fourth-order valence-electron chi connectivity index (χ4n) is 2.79. The molecule has 1 aromatic rings. The highest BCUT2D eigenvalue weighted by molar-refractivity contribution is 7.09. The summed E-state index contributed by atoms with van der Waals surface area (Å²) in [4.78, 5) is 4.33. The van der Waals surface area contributed by atoms with E-state index in [1.54, 1.807) is 11.3 Å². The molecular weight excluding hydrogens is 284 g/mol. The van der Waals surface area contributed by atoms with E-state index >= 15 is 0 Å². The average molecular weight is 312 g/mol. The van der Waals surface area contributed by atoms with E-state index in [4.69, 9.17) is 4.74 Å². The predicted molar refractivity (Wildman–Crippen MR) is 86.5 cm³/mol. The Balaban J connectivity index is 1.64. The quantitative estimate of drug-likeness (QED) is 0.774. The van der Waals surface area contributed by atoms with Crippen LogP contribution < -0.4 is 5.32 Å². The molecule has 0 radical (unpaired) electrons. The SMILES string of the molecule is CCC(NCC(O)COC1CCC(C)CC1)c1nccs1. The Kier molecular flexibility index (Phi) is 7.10. The fraction of sp³-hybridized carbons (Fsp3) is 0.812. The highest BCUT2D eigenvalue weighted by atomic mass is 32.1. The van der Waals surface area contributed by atoms with E-state index in [2.05, 4.69) is 24.1 Å². The number of nitrogens with zero attached hydrogens (tertiary/aromatic N) is 1. The number of aliphatic hydroxyl groups is 1. The van der Waals surface area contributed by atoms with Crippen molar-refractivity contribution in [3.05, 3.63) is 16.6 Å². The average Bonchev–Trinajstić information content (AvgIpc) is 3.01. The summed E-state index contributed by atoms with van der Waals surface area (Å²) in [6, 6.07) is 0.232. The van der Waals surface area contributed by atoms with E-state index in [1.807, 2.05) is 11.6 Å². The van der Waals surface area contributed by atoms with Crippen molar-refractivity contribution >= 4 is 11.3 Å².